The highest BCUT2D eigenvalue weighted by molar-refractivity contribution is 9.10. The van der Waals surface area contributed by atoms with Gasteiger partial charge in [-0.2, -0.15) is 0 Å². The fraction of sp³-hybridized carbons (Fsp3) is 0.364. The zero-order valence-corrected chi connectivity index (χ0v) is 10.7. The molecule has 1 aromatic rings. The Morgan fingerprint density at radius 1 is 1.47 bits per heavy atom. The van der Waals surface area contributed by atoms with Crippen LogP contribution in [0.1, 0.15) is 18.6 Å². The van der Waals surface area contributed by atoms with Crippen LogP contribution >= 0.6 is 15.9 Å². The molecule has 17 heavy (non-hydrogen) atoms. The first-order valence-electron chi connectivity index (χ1n) is 4.98. The first-order valence-corrected chi connectivity index (χ1v) is 5.77. The molecule has 0 radical (unpaired) electrons. The van der Waals surface area contributed by atoms with Gasteiger partial charge in [0.2, 0.25) is 0 Å². The standard InChI is InChI=1S/C11H13BrO5/c1-2-17-11(16)10(15)9(14)7-4-3-6(12)5-8(7)13/h3-5,9-10,13-15H,2H2,1H3. The van der Waals surface area contributed by atoms with Crippen LogP contribution in [0.4, 0.5) is 0 Å². The zero-order valence-electron chi connectivity index (χ0n) is 9.13. The molecule has 1 aromatic carbocycles. The Balaban J connectivity index is 2.88. The van der Waals surface area contributed by atoms with E-state index in [1.807, 2.05) is 0 Å². The van der Waals surface area contributed by atoms with Crippen LogP contribution in [-0.4, -0.2) is 34.0 Å². The lowest BCUT2D eigenvalue weighted by Gasteiger charge is -2.17. The topological polar surface area (TPSA) is 87.0 Å². The van der Waals surface area contributed by atoms with Gasteiger partial charge in [0, 0.05) is 10.0 Å². The van der Waals surface area contributed by atoms with E-state index < -0.39 is 18.2 Å². The number of aliphatic hydroxyl groups is 2. The molecule has 0 heterocycles. The molecule has 0 saturated heterocycles. The second-order valence-electron chi connectivity index (χ2n) is 3.34. The number of phenols is 1. The molecule has 3 N–H and O–H groups in total. The predicted molar refractivity (Wildman–Crippen MR) is 63.4 cm³/mol. The number of benzene rings is 1. The molecular formula is C11H13BrO5. The highest BCUT2D eigenvalue weighted by Gasteiger charge is 2.28. The van der Waals surface area contributed by atoms with Gasteiger partial charge in [-0.1, -0.05) is 22.0 Å². The summed E-state index contributed by atoms with van der Waals surface area (Å²) < 4.78 is 5.19. The summed E-state index contributed by atoms with van der Waals surface area (Å²) in [4.78, 5) is 11.2. The molecule has 6 heteroatoms. The minimum atomic E-state index is -1.72. The van der Waals surface area contributed by atoms with Crippen molar-refractivity contribution in [1.29, 1.82) is 0 Å². The summed E-state index contributed by atoms with van der Waals surface area (Å²) in [6, 6.07) is 4.35. The minimum Gasteiger partial charge on any atom is -0.508 e. The molecule has 0 saturated carbocycles. The Labute approximate surface area is 107 Å². The summed E-state index contributed by atoms with van der Waals surface area (Å²) in [7, 11) is 0. The third kappa shape index (κ3) is 3.42. The normalized spacial score (nSPS) is 14.1. The summed E-state index contributed by atoms with van der Waals surface area (Å²) in [5, 5.41) is 28.8. The average Bonchev–Trinajstić information content (AvgIpc) is 2.27. The number of aliphatic hydroxyl groups excluding tert-OH is 2. The Morgan fingerprint density at radius 3 is 2.65 bits per heavy atom. The van der Waals surface area contributed by atoms with E-state index in [1.165, 1.54) is 12.1 Å². The maximum Gasteiger partial charge on any atom is 0.338 e. The first kappa shape index (κ1) is 14.0. The molecule has 94 valence electrons. The molecule has 0 aliphatic carbocycles. The molecule has 0 bridgehead atoms. The van der Waals surface area contributed by atoms with E-state index in [0.29, 0.717) is 4.47 Å². The molecule has 0 amide bonds. The lowest BCUT2D eigenvalue weighted by atomic mass is 10.0. The number of rotatable bonds is 4. The number of halogens is 1. The first-order chi connectivity index (χ1) is 7.97. The van der Waals surface area contributed by atoms with Gasteiger partial charge in [-0.15, -0.1) is 0 Å². The van der Waals surface area contributed by atoms with Gasteiger partial charge in [-0.3, -0.25) is 0 Å². The predicted octanol–water partition coefficient (Wildman–Crippen LogP) is 1.11. The van der Waals surface area contributed by atoms with Gasteiger partial charge in [-0.25, -0.2) is 4.79 Å². The number of ether oxygens (including phenoxy) is 1. The maximum absolute atomic E-state index is 11.2. The van der Waals surface area contributed by atoms with Crippen LogP contribution in [0.3, 0.4) is 0 Å². The number of carbonyl (C=O) groups excluding carboxylic acids is 1. The Hall–Kier alpha value is -1.11. The average molecular weight is 305 g/mol. The van der Waals surface area contributed by atoms with Gasteiger partial charge in [-0.05, 0) is 19.1 Å². The molecule has 0 aliphatic rings. The molecular weight excluding hydrogens is 292 g/mol. The molecule has 2 unspecified atom stereocenters. The van der Waals surface area contributed by atoms with Crippen molar-refractivity contribution in [3.8, 4) is 5.75 Å². The van der Waals surface area contributed by atoms with Crippen molar-refractivity contribution in [3.63, 3.8) is 0 Å². The Kier molecular flexibility index (Phi) is 4.92. The van der Waals surface area contributed by atoms with Crippen LogP contribution in [0.25, 0.3) is 0 Å². The number of esters is 1. The molecule has 5 nitrogen and oxygen atoms in total. The van der Waals surface area contributed by atoms with Crippen LogP contribution in [0.5, 0.6) is 5.75 Å². The van der Waals surface area contributed by atoms with Crippen LogP contribution < -0.4 is 0 Å². The highest BCUT2D eigenvalue weighted by atomic mass is 79.9. The lowest BCUT2D eigenvalue weighted by Crippen LogP contribution is -2.29. The zero-order chi connectivity index (χ0) is 13.0. The fourth-order valence-corrected chi connectivity index (χ4v) is 1.64. The molecule has 1 rings (SSSR count). The smallest absolute Gasteiger partial charge is 0.338 e. The fourth-order valence-electron chi connectivity index (χ4n) is 1.29. The van der Waals surface area contributed by atoms with Crippen molar-refractivity contribution < 1.29 is 24.9 Å². The van der Waals surface area contributed by atoms with E-state index in [1.54, 1.807) is 13.0 Å². The Bertz CT molecular complexity index is 407. The Morgan fingerprint density at radius 2 is 2.12 bits per heavy atom. The largest absolute Gasteiger partial charge is 0.508 e. The number of hydrogen-bond acceptors (Lipinski definition) is 5. The SMILES string of the molecule is CCOC(=O)C(O)C(O)c1ccc(Br)cc1O. The molecule has 2 atom stereocenters. The summed E-state index contributed by atoms with van der Waals surface area (Å²) in [6.07, 6.45) is -3.25. The molecule has 0 aliphatic heterocycles. The van der Waals surface area contributed by atoms with Crippen LogP contribution in [0.2, 0.25) is 0 Å². The quantitative estimate of drug-likeness (QED) is 0.726. The number of hydrogen-bond donors (Lipinski definition) is 3. The van der Waals surface area contributed by atoms with Gasteiger partial charge in [0.15, 0.2) is 6.10 Å². The molecule has 0 fully saturated rings. The van der Waals surface area contributed by atoms with E-state index in [9.17, 15) is 20.1 Å². The van der Waals surface area contributed by atoms with E-state index >= 15 is 0 Å². The maximum atomic E-state index is 11.2. The van der Waals surface area contributed by atoms with Crippen molar-refractivity contribution in [3.05, 3.63) is 28.2 Å². The van der Waals surface area contributed by atoms with E-state index in [4.69, 9.17) is 0 Å². The lowest BCUT2D eigenvalue weighted by molar-refractivity contribution is -0.159. The second kappa shape index (κ2) is 6.00. The molecule has 0 aromatic heterocycles. The van der Waals surface area contributed by atoms with Crippen LogP contribution in [-0.2, 0) is 9.53 Å². The summed E-state index contributed by atoms with van der Waals surface area (Å²) >= 11 is 3.14. The minimum absolute atomic E-state index is 0.0637. The van der Waals surface area contributed by atoms with Crippen LogP contribution in [0.15, 0.2) is 22.7 Å². The van der Waals surface area contributed by atoms with Gasteiger partial charge in [0.05, 0.1) is 6.61 Å². The van der Waals surface area contributed by atoms with E-state index in [-0.39, 0.29) is 17.9 Å². The monoisotopic (exact) mass is 304 g/mol. The summed E-state index contributed by atoms with van der Waals surface area (Å²) in [5.74, 6) is -1.14. The van der Waals surface area contributed by atoms with Gasteiger partial charge < -0.3 is 20.1 Å². The number of phenolic OH excluding ortho intramolecular Hbond substituents is 1. The van der Waals surface area contributed by atoms with Crippen molar-refractivity contribution in [2.75, 3.05) is 6.61 Å². The van der Waals surface area contributed by atoms with Gasteiger partial charge in [0.1, 0.15) is 11.9 Å². The highest BCUT2D eigenvalue weighted by Crippen LogP contribution is 2.29. The third-order valence-electron chi connectivity index (χ3n) is 2.14. The van der Waals surface area contributed by atoms with Crippen molar-refractivity contribution in [2.24, 2.45) is 0 Å². The number of carbonyl (C=O) groups is 1. The summed E-state index contributed by atoms with van der Waals surface area (Å²) in [6.45, 7) is 1.70. The van der Waals surface area contributed by atoms with E-state index in [2.05, 4.69) is 20.7 Å². The van der Waals surface area contributed by atoms with Crippen LogP contribution in [0, 0.1) is 0 Å². The van der Waals surface area contributed by atoms with Gasteiger partial charge in [0.25, 0.3) is 0 Å². The van der Waals surface area contributed by atoms with Crippen molar-refractivity contribution in [1.82, 2.24) is 0 Å². The second-order valence-corrected chi connectivity index (χ2v) is 4.26. The van der Waals surface area contributed by atoms with Gasteiger partial charge >= 0.3 is 5.97 Å². The van der Waals surface area contributed by atoms with E-state index in [0.717, 1.165) is 0 Å². The molecule has 0 spiro atoms. The van der Waals surface area contributed by atoms with Crippen molar-refractivity contribution in [2.45, 2.75) is 19.1 Å². The van der Waals surface area contributed by atoms with Crippen molar-refractivity contribution >= 4 is 21.9 Å². The summed E-state index contributed by atoms with van der Waals surface area (Å²) in [5.41, 5.74) is 0.0637. The third-order valence-corrected chi connectivity index (χ3v) is 2.63. The number of aromatic hydroxyl groups is 1.